The van der Waals surface area contributed by atoms with E-state index in [1.165, 1.54) is 180 Å². The van der Waals surface area contributed by atoms with Crippen molar-refractivity contribution in [2.75, 3.05) is 6.61 Å². The molecule has 0 saturated heterocycles. The first-order chi connectivity index (χ1) is 20.2. The normalized spacial score (nSPS) is 11.7. The quantitative estimate of drug-likeness (QED) is 0.0432. The lowest BCUT2D eigenvalue weighted by Gasteiger charge is -2.06. The number of esters is 1. The number of hydrogen-bond donors (Lipinski definition) is 0. The van der Waals surface area contributed by atoms with Gasteiger partial charge in [0.05, 0.1) is 6.61 Å². The predicted molar refractivity (Wildman–Crippen MR) is 184 cm³/mol. The molecule has 0 amide bonds. The number of hydrogen-bond acceptors (Lipinski definition) is 2. The van der Waals surface area contributed by atoms with Gasteiger partial charge in [-0.1, -0.05) is 187 Å². The van der Waals surface area contributed by atoms with Gasteiger partial charge in [-0.3, -0.25) is 4.79 Å². The average Bonchev–Trinajstić information content (AvgIpc) is 2.96. The third-order valence-electron chi connectivity index (χ3n) is 8.58. The highest BCUT2D eigenvalue weighted by Gasteiger charge is 2.03. The lowest BCUT2D eigenvalue weighted by atomic mass is 10.0. The van der Waals surface area contributed by atoms with Gasteiger partial charge in [-0.15, -0.1) is 0 Å². The molecule has 0 N–H and O–H groups in total. The molecular formula is C39H76O2. The molecule has 0 heterocycles. The fraction of sp³-hybridized carbons (Fsp3) is 0.923. The lowest BCUT2D eigenvalue weighted by Crippen LogP contribution is -2.05. The van der Waals surface area contributed by atoms with Crippen LogP contribution in [0.5, 0.6) is 0 Å². The number of carbonyl (C=O) groups is 1. The molecule has 0 fully saturated rings. The number of ether oxygens (including phenoxy) is 1. The molecule has 2 nitrogen and oxygen atoms in total. The van der Waals surface area contributed by atoms with E-state index in [-0.39, 0.29) is 5.97 Å². The minimum absolute atomic E-state index is 0.0216. The lowest BCUT2D eigenvalue weighted by molar-refractivity contribution is -0.143. The molecule has 0 spiro atoms. The van der Waals surface area contributed by atoms with Crippen LogP contribution in [-0.4, -0.2) is 12.6 Å². The molecule has 244 valence electrons. The van der Waals surface area contributed by atoms with Gasteiger partial charge in [-0.05, 0) is 44.4 Å². The zero-order valence-electron chi connectivity index (χ0n) is 28.7. The van der Waals surface area contributed by atoms with E-state index < -0.39 is 0 Å². The van der Waals surface area contributed by atoms with Crippen molar-refractivity contribution in [1.29, 1.82) is 0 Å². The van der Waals surface area contributed by atoms with Crippen LogP contribution in [0.3, 0.4) is 0 Å². The van der Waals surface area contributed by atoms with Crippen molar-refractivity contribution in [3.05, 3.63) is 12.2 Å². The third kappa shape index (κ3) is 37.2. The Bertz CT molecular complexity index is 524. The summed E-state index contributed by atoms with van der Waals surface area (Å²) >= 11 is 0. The Morgan fingerprint density at radius 1 is 0.488 bits per heavy atom. The van der Waals surface area contributed by atoms with Crippen molar-refractivity contribution in [3.8, 4) is 0 Å². The molecule has 0 aliphatic heterocycles. The van der Waals surface area contributed by atoms with Crippen LogP contribution >= 0.6 is 0 Å². The van der Waals surface area contributed by atoms with Gasteiger partial charge in [-0.2, -0.15) is 0 Å². The van der Waals surface area contributed by atoms with Crippen molar-refractivity contribution in [3.63, 3.8) is 0 Å². The summed E-state index contributed by atoms with van der Waals surface area (Å²) in [5, 5.41) is 0. The van der Waals surface area contributed by atoms with Crippen LogP contribution in [0.15, 0.2) is 12.2 Å². The highest BCUT2D eigenvalue weighted by molar-refractivity contribution is 5.69. The summed E-state index contributed by atoms with van der Waals surface area (Å²) in [6.07, 6.45) is 45.6. The van der Waals surface area contributed by atoms with Gasteiger partial charge in [0, 0.05) is 6.42 Å². The Morgan fingerprint density at radius 3 is 1.29 bits per heavy atom. The predicted octanol–water partition coefficient (Wildman–Crippen LogP) is 13.9. The van der Waals surface area contributed by atoms with Crippen LogP contribution in [0.25, 0.3) is 0 Å². The summed E-state index contributed by atoms with van der Waals surface area (Å²) in [4.78, 5) is 11.9. The van der Waals surface area contributed by atoms with Crippen molar-refractivity contribution < 1.29 is 9.53 Å². The second kappa shape index (κ2) is 35.4. The van der Waals surface area contributed by atoms with Crippen molar-refractivity contribution >= 4 is 5.97 Å². The number of unbranched alkanes of at least 4 members (excludes halogenated alkanes) is 26. The Kier molecular flexibility index (Phi) is 34.7. The summed E-state index contributed by atoms with van der Waals surface area (Å²) in [6.45, 7) is 7.58. The molecule has 0 aliphatic rings. The van der Waals surface area contributed by atoms with Gasteiger partial charge in [0.2, 0.25) is 0 Å². The van der Waals surface area contributed by atoms with Crippen LogP contribution in [0.4, 0.5) is 0 Å². The largest absolute Gasteiger partial charge is 0.466 e. The van der Waals surface area contributed by atoms with Crippen LogP contribution < -0.4 is 0 Å². The molecule has 2 heteroatoms. The molecule has 0 saturated carbocycles. The van der Waals surface area contributed by atoms with Gasteiger partial charge in [0.25, 0.3) is 0 Å². The third-order valence-corrected chi connectivity index (χ3v) is 8.58. The van der Waals surface area contributed by atoms with Gasteiger partial charge in [0.1, 0.15) is 0 Å². The second-order valence-electron chi connectivity index (χ2n) is 13.4. The van der Waals surface area contributed by atoms with E-state index in [9.17, 15) is 4.79 Å². The minimum atomic E-state index is 0.0216. The summed E-state index contributed by atoms with van der Waals surface area (Å²) in [7, 11) is 0. The summed E-state index contributed by atoms with van der Waals surface area (Å²) < 4.78 is 5.45. The topological polar surface area (TPSA) is 26.3 Å². The first-order valence-corrected chi connectivity index (χ1v) is 19.0. The van der Waals surface area contributed by atoms with E-state index >= 15 is 0 Å². The van der Waals surface area contributed by atoms with Gasteiger partial charge >= 0.3 is 5.97 Å². The SMILES string of the molecule is CCCCCCCCC=CCCCCCCCCCC(=O)OCCCCCCCCCCCCCCCCC(C)C. The fourth-order valence-electron chi connectivity index (χ4n) is 5.73. The summed E-state index contributed by atoms with van der Waals surface area (Å²) in [6, 6.07) is 0. The molecule has 0 aliphatic carbocycles. The molecule has 0 aromatic heterocycles. The molecular weight excluding hydrogens is 500 g/mol. The number of carbonyl (C=O) groups excluding carboxylic acids is 1. The van der Waals surface area contributed by atoms with E-state index in [4.69, 9.17) is 4.74 Å². The first-order valence-electron chi connectivity index (χ1n) is 19.0. The maximum Gasteiger partial charge on any atom is 0.305 e. The zero-order chi connectivity index (χ0) is 29.9. The average molecular weight is 577 g/mol. The van der Waals surface area contributed by atoms with Crippen molar-refractivity contribution in [2.45, 2.75) is 220 Å². The maximum absolute atomic E-state index is 11.9. The van der Waals surface area contributed by atoms with Gasteiger partial charge < -0.3 is 4.74 Å². The zero-order valence-corrected chi connectivity index (χ0v) is 28.7. The minimum Gasteiger partial charge on any atom is -0.466 e. The molecule has 41 heavy (non-hydrogen) atoms. The summed E-state index contributed by atoms with van der Waals surface area (Å²) in [5.74, 6) is 0.896. The molecule has 0 aromatic rings. The molecule has 0 radical (unpaired) electrons. The standard InChI is InChI=1S/C39H76O2/c1-4-5-6-7-8-9-10-11-12-13-14-18-21-24-27-30-33-36-39(40)41-37-34-31-28-25-22-19-16-15-17-20-23-26-29-32-35-38(2)3/h11-12,38H,4-10,13-37H2,1-3H3. The van der Waals surface area contributed by atoms with Crippen LogP contribution in [-0.2, 0) is 9.53 Å². The van der Waals surface area contributed by atoms with Crippen LogP contribution in [0.2, 0.25) is 0 Å². The van der Waals surface area contributed by atoms with E-state index in [0.29, 0.717) is 13.0 Å². The van der Waals surface area contributed by atoms with E-state index in [1.54, 1.807) is 0 Å². The smallest absolute Gasteiger partial charge is 0.305 e. The van der Waals surface area contributed by atoms with Crippen LogP contribution in [0.1, 0.15) is 220 Å². The van der Waals surface area contributed by atoms with E-state index in [2.05, 4.69) is 32.9 Å². The molecule has 0 atom stereocenters. The van der Waals surface area contributed by atoms with Gasteiger partial charge in [-0.25, -0.2) is 0 Å². The maximum atomic E-state index is 11.9. The monoisotopic (exact) mass is 577 g/mol. The number of rotatable bonds is 34. The Hall–Kier alpha value is -0.790. The molecule has 0 unspecified atom stereocenters. The Labute approximate surface area is 259 Å². The molecule has 0 aromatic carbocycles. The second-order valence-corrected chi connectivity index (χ2v) is 13.4. The highest BCUT2D eigenvalue weighted by Crippen LogP contribution is 2.15. The van der Waals surface area contributed by atoms with Crippen LogP contribution in [0, 0.1) is 5.92 Å². The van der Waals surface area contributed by atoms with E-state index in [0.717, 1.165) is 18.8 Å². The Morgan fingerprint density at radius 2 is 0.854 bits per heavy atom. The van der Waals surface area contributed by atoms with Crippen molar-refractivity contribution in [2.24, 2.45) is 5.92 Å². The first kappa shape index (κ1) is 40.2. The number of allylic oxidation sites excluding steroid dienone is 2. The highest BCUT2D eigenvalue weighted by atomic mass is 16.5. The molecule has 0 bridgehead atoms. The Balaban J connectivity index is 3.19. The summed E-state index contributed by atoms with van der Waals surface area (Å²) in [5.41, 5.74) is 0. The fourth-order valence-corrected chi connectivity index (χ4v) is 5.73. The molecule has 0 rings (SSSR count). The van der Waals surface area contributed by atoms with Crippen molar-refractivity contribution in [1.82, 2.24) is 0 Å². The van der Waals surface area contributed by atoms with E-state index in [1.807, 2.05) is 0 Å². The van der Waals surface area contributed by atoms with Gasteiger partial charge in [0.15, 0.2) is 0 Å².